The van der Waals surface area contributed by atoms with E-state index in [9.17, 15) is 13.2 Å². The quantitative estimate of drug-likeness (QED) is 0.726. The zero-order valence-corrected chi connectivity index (χ0v) is 12.6. The summed E-state index contributed by atoms with van der Waals surface area (Å²) < 4.78 is 44.7. The number of alkyl halides is 3. The van der Waals surface area contributed by atoms with E-state index in [1.807, 2.05) is 6.07 Å². The summed E-state index contributed by atoms with van der Waals surface area (Å²) in [6, 6.07) is 13.1. The Balaban J connectivity index is 1.80. The van der Waals surface area contributed by atoms with Gasteiger partial charge in [0.2, 0.25) is 0 Å². The second kappa shape index (κ2) is 6.60. The maximum atomic E-state index is 12.6. The van der Waals surface area contributed by atoms with Crippen LogP contribution in [0.5, 0.6) is 5.75 Å². The number of aromatic nitrogens is 4. The van der Waals surface area contributed by atoms with Gasteiger partial charge in [-0.05, 0) is 46.8 Å². The van der Waals surface area contributed by atoms with Crippen LogP contribution < -0.4 is 4.74 Å². The summed E-state index contributed by atoms with van der Waals surface area (Å²) in [6.07, 6.45) is -4.41. The maximum Gasteiger partial charge on any atom is 0.416 e. The van der Waals surface area contributed by atoms with E-state index < -0.39 is 11.7 Å². The van der Waals surface area contributed by atoms with Crippen molar-refractivity contribution in [3.8, 4) is 17.5 Å². The molecule has 1 aromatic heterocycles. The van der Waals surface area contributed by atoms with E-state index in [-0.39, 0.29) is 12.4 Å². The van der Waals surface area contributed by atoms with Crippen LogP contribution >= 0.6 is 0 Å². The predicted octanol–water partition coefficient (Wildman–Crippen LogP) is 3.13. The first-order valence-electron chi connectivity index (χ1n) is 7.06. The number of para-hydroxylation sites is 1. The summed E-state index contributed by atoms with van der Waals surface area (Å²) in [7, 11) is 0. The van der Waals surface area contributed by atoms with Crippen LogP contribution in [0.2, 0.25) is 0 Å². The molecule has 0 saturated heterocycles. The van der Waals surface area contributed by atoms with Crippen molar-refractivity contribution in [3.05, 3.63) is 65.5 Å². The average molecular weight is 345 g/mol. The van der Waals surface area contributed by atoms with Crippen LogP contribution in [-0.4, -0.2) is 20.2 Å². The molecule has 3 aromatic rings. The van der Waals surface area contributed by atoms with Crippen LogP contribution in [0, 0.1) is 11.3 Å². The van der Waals surface area contributed by atoms with Gasteiger partial charge in [-0.1, -0.05) is 12.1 Å². The highest BCUT2D eigenvalue weighted by Gasteiger charge is 2.30. The lowest BCUT2D eigenvalue weighted by Crippen LogP contribution is -2.09. The van der Waals surface area contributed by atoms with E-state index in [2.05, 4.69) is 15.5 Å². The molecule has 6 nitrogen and oxygen atoms in total. The number of benzene rings is 2. The molecule has 126 valence electrons. The van der Waals surface area contributed by atoms with Crippen molar-refractivity contribution in [3.63, 3.8) is 0 Å². The van der Waals surface area contributed by atoms with E-state index in [0.717, 1.165) is 12.1 Å². The van der Waals surface area contributed by atoms with Crippen molar-refractivity contribution in [2.75, 3.05) is 0 Å². The van der Waals surface area contributed by atoms with Crippen molar-refractivity contribution >= 4 is 0 Å². The van der Waals surface area contributed by atoms with Gasteiger partial charge in [0.1, 0.15) is 18.4 Å². The molecule has 25 heavy (non-hydrogen) atoms. The number of nitriles is 1. The molecule has 0 amide bonds. The van der Waals surface area contributed by atoms with Gasteiger partial charge in [-0.25, -0.2) is 0 Å². The zero-order valence-electron chi connectivity index (χ0n) is 12.6. The molecule has 0 fully saturated rings. The first kappa shape index (κ1) is 16.4. The van der Waals surface area contributed by atoms with Crippen LogP contribution in [0.15, 0.2) is 48.5 Å². The largest absolute Gasteiger partial charge is 0.484 e. The van der Waals surface area contributed by atoms with E-state index in [1.54, 1.807) is 24.3 Å². The van der Waals surface area contributed by atoms with Crippen LogP contribution in [0.4, 0.5) is 13.2 Å². The third-order valence-electron chi connectivity index (χ3n) is 3.34. The Morgan fingerprint density at radius 1 is 1.08 bits per heavy atom. The minimum Gasteiger partial charge on any atom is -0.484 e. The molecule has 0 unspecified atom stereocenters. The smallest absolute Gasteiger partial charge is 0.416 e. The van der Waals surface area contributed by atoms with Crippen LogP contribution in [0.3, 0.4) is 0 Å². The molecule has 0 aliphatic carbocycles. The lowest BCUT2D eigenvalue weighted by atomic mass is 10.2. The Kier molecular flexibility index (Phi) is 4.35. The van der Waals surface area contributed by atoms with Crippen molar-refractivity contribution < 1.29 is 17.9 Å². The van der Waals surface area contributed by atoms with Crippen LogP contribution in [-0.2, 0) is 12.8 Å². The summed E-state index contributed by atoms with van der Waals surface area (Å²) in [5.74, 6) is 0.652. The van der Waals surface area contributed by atoms with E-state index in [4.69, 9.17) is 10.00 Å². The fourth-order valence-electron chi connectivity index (χ4n) is 2.12. The third kappa shape index (κ3) is 3.58. The van der Waals surface area contributed by atoms with Crippen molar-refractivity contribution in [2.45, 2.75) is 12.8 Å². The molecule has 0 aliphatic rings. The molecule has 0 atom stereocenters. The Hall–Kier alpha value is -3.41. The second-order valence-corrected chi connectivity index (χ2v) is 4.95. The summed E-state index contributed by atoms with van der Waals surface area (Å²) in [5.41, 5.74) is -0.0358. The van der Waals surface area contributed by atoms with Gasteiger partial charge in [0.15, 0.2) is 5.82 Å². The topological polar surface area (TPSA) is 76.6 Å². The minimum atomic E-state index is -4.41. The average Bonchev–Trinajstić information content (AvgIpc) is 3.08. The molecule has 0 aliphatic heterocycles. The first-order valence-corrected chi connectivity index (χ1v) is 7.06. The molecule has 0 spiro atoms. The second-order valence-electron chi connectivity index (χ2n) is 4.95. The third-order valence-corrected chi connectivity index (χ3v) is 3.34. The Bertz CT molecular complexity index is 913. The van der Waals surface area contributed by atoms with Gasteiger partial charge in [-0.2, -0.15) is 23.1 Å². The molecule has 0 bridgehead atoms. The lowest BCUT2D eigenvalue weighted by Gasteiger charge is -2.09. The lowest BCUT2D eigenvalue weighted by molar-refractivity contribution is -0.137. The highest BCUT2D eigenvalue weighted by molar-refractivity contribution is 5.42. The van der Waals surface area contributed by atoms with Gasteiger partial charge in [-0.3, -0.25) is 0 Å². The number of tetrazole rings is 1. The molecule has 9 heteroatoms. The fourth-order valence-corrected chi connectivity index (χ4v) is 2.12. The number of halogens is 3. The number of nitrogens with zero attached hydrogens (tertiary/aromatic N) is 5. The normalized spacial score (nSPS) is 11.1. The standard InChI is InChI=1S/C16H10F3N5O/c17-16(18,19)12-5-7-13(8-6-12)24-15(21-22-23-24)10-25-14-4-2-1-3-11(14)9-20/h1-8H,10H2. The molecular weight excluding hydrogens is 335 g/mol. The van der Waals surface area contributed by atoms with Crippen LogP contribution in [0.25, 0.3) is 5.69 Å². The van der Waals surface area contributed by atoms with Gasteiger partial charge in [0.05, 0.1) is 16.8 Å². The highest BCUT2D eigenvalue weighted by Crippen LogP contribution is 2.29. The minimum absolute atomic E-state index is 0.0489. The van der Waals surface area contributed by atoms with Gasteiger partial charge in [0.25, 0.3) is 0 Å². The summed E-state index contributed by atoms with van der Waals surface area (Å²) in [6.45, 7) is -0.0489. The van der Waals surface area contributed by atoms with Crippen molar-refractivity contribution in [1.29, 1.82) is 5.26 Å². The van der Waals surface area contributed by atoms with Crippen LogP contribution in [0.1, 0.15) is 17.0 Å². The number of hydrogen-bond acceptors (Lipinski definition) is 5. The van der Waals surface area contributed by atoms with Crippen molar-refractivity contribution in [2.24, 2.45) is 0 Å². The molecule has 0 N–H and O–H groups in total. The Morgan fingerprint density at radius 2 is 1.80 bits per heavy atom. The predicted molar refractivity (Wildman–Crippen MR) is 79.6 cm³/mol. The van der Waals surface area contributed by atoms with Gasteiger partial charge in [-0.15, -0.1) is 5.10 Å². The molecule has 3 rings (SSSR count). The zero-order chi connectivity index (χ0) is 17.9. The fraction of sp³-hybridized carbons (Fsp3) is 0.125. The molecule has 0 saturated carbocycles. The van der Waals surface area contributed by atoms with E-state index >= 15 is 0 Å². The number of hydrogen-bond donors (Lipinski definition) is 0. The molecular formula is C16H10F3N5O. The van der Waals surface area contributed by atoms with Gasteiger partial charge < -0.3 is 4.74 Å². The summed E-state index contributed by atoms with van der Waals surface area (Å²) >= 11 is 0. The summed E-state index contributed by atoms with van der Waals surface area (Å²) in [5, 5.41) is 20.1. The molecule has 0 radical (unpaired) electrons. The monoisotopic (exact) mass is 345 g/mol. The number of rotatable bonds is 4. The van der Waals surface area contributed by atoms with E-state index in [1.165, 1.54) is 16.8 Å². The highest BCUT2D eigenvalue weighted by atomic mass is 19.4. The maximum absolute atomic E-state index is 12.6. The summed E-state index contributed by atoms with van der Waals surface area (Å²) in [4.78, 5) is 0. The van der Waals surface area contributed by atoms with Gasteiger partial charge >= 0.3 is 6.18 Å². The molecule has 1 heterocycles. The van der Waals surface area contributed by atoms with Gasteiger partial charge in [0, 0.05) is 0 Å². The van der Waals surface area contributed by atoms with E-state index in [0.29, 0.717) is 17.0 Å². The SMILES string of the molecule is N#Cc1ccccc1OCc1nnnn1-c1ccc(C(F)(F)F)cc1. The number of ether oxygens (including phenoxy) is 1. The Labute approximate surface area is 140 Å². The first-order chi connectivity index (χ1) is 12.0. The Morgan fingerprint density at radius 3 is 2.48 bits per heavy atom. The molecule has 2 aromatic carbocycles. The van der Waals surface area contributed by atoms with Crippen molar-refractivity contribution in [1.82, 2.24) is 20.2 Å².